The molecule has 2 N–H and O–H groups in total. The molecule has 1 aromatic carbocycles. The average molecular weight is 311 g/mol. The van der Waals surface area contributed by atoms with Crippen LogP contribution in [0.5, 0.6) is 0 Å². The number of carbonyl (C=O) groups excluding carboxylic acids is 2. The summed E-state index contributed by atoms with van der Waals surface area (Å²) in [6, 6.07) is 11.1. The molecule has 0 saturated carbocycles. The van der Waals surface area contributed by atoms with E-state index in [0.717, 1.165) is 16.6 Å². The zero-order chi connectivity index (χ0) is 16.2. The molecule has 2 amide bonds. The van der Waals surface area contributed by atoms with Gasteiger partial charge in [0.25, 0.3) is 0 Å². The number of hydrogen-bond donors (Lipinski definition) is 2. The van der Waals surface area contributed by atoms with Crippen LogP contribution in [0, 0.1) is 0 Å². The molecule has 0 bridgehead atoms. The van der Waals surface area contributed by atoms with Gasteiger partial charge in [0.1, 0.15) is 12.3 Å². The number of nitrogens with one attached hydrogen (secondary N) is 2. The maximum atomic E-state index is 12.1. The molecule has 2 heterocycles. The van der Waals surface area contributed by atoms with Crippen LogP contribution in [0.15, 0.2) is 53.3 Å². The highest BCUT2D eigenvalue weighted by Crippen LogP contribution is 2.24. The lowest BCUT2D eigenvalue weighted by Crippen LogP contribution is -2.26. The second-order valence-electron chi connectivity index (χ2n) is 5.22. The van der Waals surface area contributed by atoms with E-state index in [0.29, 0.717) is 12.3 Å². The Bertz CT molecular complexity index is 834. The molecule has 3 rings (SSSR count). The predicted molar refractivity (Wildman–Crippen MR) is 86.8 cm³/mol. The molecule has 23 heavy (non-hydrogen) atoms. The third-order valence-electron chi connectivity index (χ3n) is 3.48. The number of furan rings is 1. The van der Waals surface area contributed by atoms with Gasteiger partial charge in [-0.15, -0.1) is 0 Å². The predicted octanol–water partition coefficient (Wildman–Crippen LogP) is 2.51. The van der Waals surface area contributed by atoms with Gasteiger partial charge in [-0.25, -0.2) is 0 Å². The summed E-state index contributed by atoms with van der Waals surface area (Å²) in [4.78, 5) is 23.3. The van der Waals surface area contributed by atoms with Crippen molar-refractivity contribution in [2.75, 3.05) is 5.32 Å². The number of rotatable bonds is 5. The molecular formula is C17H17N3O3. The first-order chi connectivity index (χ1) is 11.1. The van der Waals surface area contributed by atoms with Gasteiger partial charge in [-0.05, 0) is 30.3 Å². The van der Waals surface area contributed by atoms with Gasteiger partial charge in [0, 0.05) is 18.5 Å². The van der Waals surface area contributed by atoms with E-state index in [1.165, 1.54) is 6.92 Å². The smallest absolute Gasteiger partial charge is 0.240 e. The molecule has 3 aromatic rings. The lowest BCUT2D eigenvalue weighted by atomic mass is 10.2. The molecule has 118 valence electrons. The van der Waals surface area contributed by atoms with E-state index in [9.17, 15) is 9.59 Å². The molecule has 0 radical (unpaired) electrons. The van der Waals surface area contributed by atoms with E-state index in [1.54, 1.807) is 12.3 Å². The average Bonchev–Trinajstić information content (AvgIpc) is 3.15. The SMILES string of the molecule is CC(=O)Nc1cccc2c1ccn2CC(=O)NCc1ccco1. The number of anilines is 1. The number of benzene rings is 1. The fourth-order valence-corrected chi connectivity index (χ4v) is 2.47. The third kappa shape index (κ3) is 3.42. The molecule has 0 fully saturated rings. The number of amides is 2. The standard InChI is InChI=1S/C17H17N3O3/c1-12(21)19-15-5-2-6-16-14(15)7-8-20(16)11-17(22)18-10-13-4-3-9-23-13/h2-9H,10-11H2,1H3,(H,18,22)(H,19,21). The minimum atomic E-state index is -0.124. The monoisotopic (exact) mass is 311 g/mol. The van der Waals surface area contributed by atoms with Crippen molar-refractivity contribution in [2.24, 2.45) is 0 Å². The molecule has 6 heteroatoms. The van der Waals surface area contributed by atoms with Crippen LogP contribution in [-0.4, -0.2) is 16.4 Å². The summed E-state index contributed by atoms with van der Waals surface area (Å²) in [5, 5.41) is 6.51. The molecule has 0 aliphatic carbocycles. The molecule has 0 unspecified atom stereocenters. The maximum Gasteiger partial charge on any atom is 0.240 e. The van der Waals surface area contributed by atoms with Crippen LogP contribution >= 0.6 is 0 Å². The van der Waals surface area contributed by atoms with Gasteiger partial charge in [-0.1, -0.05) is 6.07 Å². The molecule has 2 aromatic heterocycles. The van der Waals surface area contributed by atoms with Gasteiger partial charge in [-0.2, -0.15) is 0 Å². The van der Waals surface area contributed by atoms with E-state index in [2.05, 4.69) is 10.6 Å². The summed E-state index contributed by atoms with van der Waals surface area (Å²) >= 11 is 0. The Morgan fingerprint density at radius 1 is 1.17 bits per heavy atom. The molecule has 0 saturated heterocycles. The Balaban J connectivity index is 1.73. The van der Waals surface area contributed by atoms with Gasteiger partial charge in [0.05, 0.1) is 24.0 Å². The van der Waals surface area contributed by atoms with E-state index in [1.807, 2.05) is 41.1 Å². The van der Waals surface area contributed by atoms with Crippen LogP contribution in [0.2, 0.25) is 0 Å². The number of nitrogens with zero attached hydrogens (tertiary/aromatic N) is 1. The first kappa shape index (κ1) is 14.9. The first-order valence-electron chi connectivity index (χ1n) is 7.28. The first-order valence-corrected chi connectivity index (χ1v) is 7.28. The Hall–Kier alpha value is -3.02. The van der Waals surface area contributed by atoms with Gasteiger partial charge < -0.3 is 19.6 Å². The van der Waals surface area contributed by atoms with Crippen molar-refractivity contribution in [3.8, 4) is 0 Å². The molecular weight excluding hydrogens is 294 g/mol. The van der Waals surface area contributed by atoms with Crippen LogP contribution in [0.25, 0.3) is 10.9 Å². The lowest BCUT2D eigenvalue weighted by Gasteiger charge is -2.08. The Kier molecular flexibility index (Phi) is 4.14. The van der Waals surface area contributed by atoms with Crippen LogP contribution in [-0.2, 0) is 22.7 Å². The highest BCUT2D eigenvalue weighted by Gasteiger charge is 2.09. The van der Waals surface area contributed by atoms with E-state index in [4.69, 9.17) is 4.42 Å². The molecule has 0 aliphatic rings. The fourth-order valence-electron chi connectivity index (χ4n) is 2.47. The van der Waals surface area contributed by atoms with Crippen LogP contribution < -0.4 is 10.6 Å². The topological polar surface area (TPSA) is 76.3 Å². The summed E-state index contributed by atoms with van der Waals surface area (Å²) in [5.41, 5.74) is 1.63. The summed E-state index contributed by atoms with van der Waals surface area (Å²) in [5.74, 6) is 0.480. The number of fused-ring (bicyclic) bond motifs is 1. The van der Waals surface area contributed by atoms with Gasteiger partial charge in [0.2, 0.25) is 11.8 Å². The van der Waals surface area contributed by atoms with Gasteiger partial charge in [-0.3, -0.25) is 9.59 Å². The van der Waals surface area contributed by atoms with Crippen LogP contribution in [0.3, 0.4) is 0 Å². The van der Waals surface area contributed by atoms with Crippen molar-refractivity contribution in [2.45, 2.75) is 20.0 Å². The van der Waals surface area contributed by atoms with Crippen molar-refractivity contribution in [1.29, 1.82) is 0 Å². The number of carbonyl (C=O) groups is 2. The second kappa shape index (κ2) is 6.39. The van der Waals surface area contributed by atoms with Gasteiger partial charge in [0.15, 0.2) is 0 Å². The molecule has 0 aliphatic heterocycles. The zero-order valence-electron chi connectivity index (χ0n) is 12.7. The van der Waals surface area contributed by atoms with Crippen LogP contribution in [0.4, 0.5) is 5.69 Å². The van der Waals surface area contributed by atoms with Crippen molar-refractivity contribution in [1.82, 2.24) is 9.88 Å². The normalized spacial score (nSPS) is 10.7. The lowest BCUT2D eigenvalue weighted by molar-refractivity contribution is -0.121. The quantitative estimate of drug-likeness (QED) is 0.760. The fraction of sp³-hybridized carbons (Fsp3) is 0.176. The van der Waals surface area contributed by atoms with Crippen molar-refractivity contribution in [3.63, 3.8) is 0 Å². The summed E-state index contributed by atoms with van der Waals surface area (Å²) in [7, 11) is 0. The molecule has 6 nitrogen and oxygen atoms in total. The third-order valence-corrected chi connectivity index (χ3v) is 3.48. The highest BCUT2D eigenvalue weighted by molar-refractivity contribution is 6.01. The van der Waals surface area contributed by atoms with Crippen molar-refractivity contribution in [3.05, 3.63) is 54.6 Å². The summed E-state index contributed by atoms with van der Waals surface area (Å²) < 4.78 is 7.03. The zero-order valence-corrected chi connectivity index (χ0v) is 12.7. The minimum Gasteiger partial charge on any atom is -0.467 e. The van der Waals surface area contributed by atoms with Gasteiger partial charge >= 0.3 is 0 Å². The number of aromatic nitrogens is 1. The molecule has 0 atom stereocenters. The van der Waals surface area contributed by atoms with Crippen molar-refractivity contribution >= 4 is 28.4 Å². The largest absolute Gasteiger partial charge is 0.467 e. The Labute approximate surface area is 133 Å². The second-order valence-corrected chi connectivity index (χ2v) is 5.22. The van der Waals surface area contributed by atoms with E-state index >= 15 is 0 Å². The van der Waals surface area contributed by atoms with Crippen LogP contribution in [0.1, 0.15) is 12.7 Å². The minimum absolute atomic E-state index is 0.108. The summed E-state index contributed by atoms with van der Waals surface area (Å²) in [6.45, 7) is 2.04. The summed E-state index contributed by atoms with van der Waals surface area (Å²) in [6.07, 6.45) is 3.41. The molecule has 0 spiro atoms. The van der Waals surface area contributed by atoms with E-state index < -0.39 is 0 Å². The Morgan fingerprint density at radius 2 is 2.04 bits per heavy atom. The van der Waals surface area contributed by atoms with Crippen molar-refractivity contribution < 1.29 is 14.0 Å². The maximum absolute atomic E-state index is 12.1. The van der Waals surface area contributed by atoms with E-state index in [-0.39, 0.29) is 18.4 Å². The Morgan fingerprint density at radius 3 is 2.78 bits per heavy atom. The number of hydrogen-bond acceptors (Lipinski definition) is 3. The highest BCUT2D eigenvalue weighted by atomic mass is 16.3.